The third kappa shape index (κ3) is 3.96. The van der Waals surface area contributed by atoms with E-state index >= 15 is 0 Å². The SMILES string of the molecule is CCOC(=O)[C@]1(C(F)(F)F)C(c2ccc(Br)cc2)N[C@H](C(=O)OC)[C@H]1c1ccccc1. The standard InChI is InChI=1S/C22H21BrF3NO4/c1-3-31-20(29)21(22(24,25)26)16(13-7-5-4-6-8-13)17(19(28)30-2)27-18(21)14-9-11-15(23)12-10-14/h4-12,16-18,27H,3H2,1-2H3/t16-,17+,18?,21-/m1/s1. The summed E-state index contributed by atoms with van der Waals surface area (Å²) in [5.41, 5.74) is -2.69. The number of methoxy groups -OCH3 is 1. The van der Waals surface area contributed by atoms with Crippen LogP contribution in [0, 0.1) is 5.41 Å². The first-order chi connectivity index (χ1) is 14.7. The van der Waals surface area contributed by atoms with Crippen molar-refractivity contribution < 1.29 is 32.2 Å². The first-order valence-electron chi connectivity index (χ1n) is 9.56. The lowest BCUT2D eigenvalue weighted by molar-refractivity contribution is -0.242. The average Bonchev–Trinajstić information content (AvgIpc) is 3.12. The second kappa shape index (κ2) is 9.00. The molecule has 1 saturated heterocycles. The Labute approximate surface area is 186 Å². The molecule has 0 bridgehead atoms. The first-order valence-corrected chi connectivity index (χ1v) is 10.4. The van der Waals surface area contributed by atoms with E-state index in [1.807, 2.05) is 0 Å². The molecule has 1 aliphatic rings. The van der Waals surface area contributed by atoms with E-state index in [1.165, 1.54) is 31.2 Å². The summed E-state index contributed by atoms with van der Waals surface area (Å²) in [6, 6.07) is 10.8. The minimum absolute atomic E-state index is 0.176. The number of esters is 2. The van der Waals surface area contributed by atoms with Gasteiger partial charge in [0.1, 0.15) is 6.04 Å². The van der Waals surface area contributed by atoms with Crippen molar-refractivity contribution in [1.29, 1.82) is 0 Å². The largest absolute Gasteiger partial charge is 0.468 e. The lowest BCUT2D eigenvalue weighted by atomic mass is 9.66. The van der Waals surface area contributed by atoms with E-state index < -0.39 is 41.5 Å². The maximum absolute atomic E-state index is 15.0. The van der Waals surface area contributed by atoms with Crippen LogP contribution in [0.15, 0.2) is 59.1 Å². The Hall–Kier alpha value is -2.39. The summed E-state index contributed by atoms with van der Waals surface area (Å²) in [6.45, 7) is 1.20. The van der Waals surface area contributed by atoms with Gasteiger partial charge in [0.15, 0.2) is 5.41 Å². The number of nitrogens with one attached hydrogen (secondary N) is 1. The molecule has 0 spiro atoms. The minimum atomic E-state index is -5.05. The summed E-state index contributed by atoms with van der Waals surface area (Å²) >= 11 is 3.26. The quantitative estimate of drug-likeness (QED) is 0.612. The van der Waals surface area contributed by atoms with Gasteiger partial charge in [0.05, 0.1) is 19.8 Å². The molecule has 5 nitrogen and oxygen atoms in total. The van der Waals surface area contributed by atoms with Crippen molar-refractivity contribution in [2.24, 2.45) is 5.41 Å². The fraction of sp³-hybridized carbons (Fsp3) is 0.364. The van der Waals surface area contributed by atoms with Gasteiger partial charge >= 0.3 is 18.1 Å². The zero-order valence-corrected chi connectivity index (χ0v) is 18.4. The molecular weight excluding hydrogens is 479 g/mol. The Morgan fingerprint density at radius 1 is 1.06 bits per heavy atom. The third-order valence-corrected chi connectivity index (χ3v) is 6.05. The number of carbonyl (C=O) groups is 2. The highest BCUT2D eigenvalue weighted by atomic mass is 79.9. The van der Waals surface area contributed by atoms with Crippen LogP contribution in [0.25, 0.3) is 0 Å². The van der Waals surface area contributed by atoms with Gasteiger partial charge in [0.25, 0.3) is 0 Å². The van der Waals surface area contributed by atoms with Crippen molar-refractivity contribution >= 4 is 27.9 Å². The number of ether oxygens (including phenoxy) is 2. The van der Waals surface area contributed by atoms with Gasteiger partial charge in [-0.15, -0.1) is 0 Å². The molecule has 1 aliphatic heterocycles. The first kappa shape index (κ1) is 23.3. The zero-order valence-electron chi connectivity index (χ0n) is 16.8. The van der Waals surface area contributed by atoms with E-state index in [2.05, 4.69) is 21.2 Å². The van der Waals surface area contributed by atoms with Gasteiger partial charge in [-0.05, 0) is 30.2 Å². The summed E-state index contributed by atoms with van der Waals surface area (Å²) in [5.74, 6) is -3.94. The van der Waals surface area contributed by atoms with E-state index in [0.29, 0.717) is 4.47 Å². The molecule has 2 aromatic rings. The molecule has 1 N–H and O–H groups in total. The van der Waals surface area contributed by atoms with Gasteiger partial charge in [-0.1, -0.05) is 58.4 Å². The highest BCUT2D eigenvalue weighted by Crippen LogP contribution is 2.61. The molecule has 166 valence electrons. The van der Waals surface area contributed by atoms with E-state index in [0.717, 1.165) is 7.11 Å². The maximum Gasteiger partial charge on any atom is 0.407 e. The lowest BCUT2D eigenvalue weighted by Gasteiger charge is -2.39. The van der Waals surface area contributed by atoms with Crippen molar-refractivity contribution in [3.63, 3.8) is 0 Å². The summed E-state index contributed by atoms with van der Waals surface area (Å²) in [7, 11) is 1.10. The van der Waals surface area contributed by atoms with Crippen molar-refractivity contribution in [2.45, 2.75) is 31.1 Å². The van der Waals surface area contributed by atoms with Crippen LogP contribution >= 0.6 is 15.9 Å². The van der Waals surface area contributed by atoms with Crippen LogP contribution in [0.3, 0.4) is 0 Å². The topological polar surface area (TPSA) is 64.6 Å². The molecule has 1 heterocycles. The van der Waals surface area contributed by atoms with E-state index in [-0.39, 0.29) is 17.7 Å². The average molecular weight is 500 g/mol. The molecule has 4 atom stereocenters. The van der Waals surface area contributed by atoms with E-state index in [1.54, 1.807) is 30.3 Å². The van der Waals surface area contributed by atoms with Gasteiger partial charge in [-0.3, -0.25) is 14.9 Å². The van der Waals surface area contributed by atoms with Crippen LogP contribution in [-0.4, -0.2) is 37.9 Å². The highest BCUT2D eigenvalue weighted by molar-refractivity contribution is 9.10. The molecule has 1 unspecified atom stereocenters. The summed E-state index contributed by atoms with van der Waals surface area (Å²) in [5, 5.41) is 2.75. The summed E-state index contributed by atoms with van der Waals surface area (Å²) in [6.07, 6.45) is -5.05. The molecule has 31 heavy (non-hydrogen) atoms. The monoisotopic (exact) mass is 499 g/mol. The molecule has 0 radical (unpaired) electrons. The predicted octanol–water partition coefficient (Wildman–Crippen LogP) is 4.53. The van der Waals surface area contributed by atoms with Gasteiger partial charge in [-0.25, -0.2) is 0 Å². The Kier molecular flexibility index (Phi) is 6.76. The molecule has 3 rings (SSSR count). The molecule has 1 fully saturated rings. The number of halogens is 4. The molecule has 9 heteroatoms. The van der Waals surface area contributed by atoms with Gasteiger partial charge in [0.2, 0.25) is 0 Å². The van der Waals surface area contributed by atoms with Crippen LogP contribution in [0.5, 0.6) is 0 Å². The smallest absolute Gasteiger partial charge is 0.407 e. The Morgan fingerprint density at radius 3 is 2.19 bits per heavy atom. The number of benzene rings is 2. The number of alkyl halides is 3. The Bertz CT molecular complexity index is 936. The van der Waals surface area contributed by atoms with Crippen LogP contribution < -0.4 is 5.32 Å². The fourth-order valence-electron chi connectivity index (χ4n) is 4.26. The van der Waals surface area contributed by atoms with Crippen molar-refractivity contribution in [2.75, 3.05) is 13.7 Å². The van der Waals surface area contributed by atoms with Crippen LogP contribution in [-0.2, 0) is 19.1 Å². The number of hydrogen-bond donors (Lipinski definition) is 1. The molecule has 0 aliphatic carbocycles. The molecule has 0 amide bonds. The maximum atomic E-state index is 15.0. The van der Waals surface area contributed by atoms with E-state index in [9.17, 15) is 22.8 Å². The molecule has 0 saturated carbocycles. The van der Waals surface area contributed by atoms with Gasteiger partial charge in [0, 0.05) is 10.4 Å². The second-order valence-electron chi connectivity index (χ2n) is 7.13. The molecule has 0 aromatic heterocycles. The number of hydrogen-bond acceptors (Lipinski definition) is 5. The van der Waals surface area contributed by atoms with Crippen molar-refractivity contribution in [1.82, 2.24) is 5.32 Å². The fourth-order valence-corrected chi connectivity index (χ4v) is 4.53. The van der Waals surface area contributed by atoms with Crippen LogP contribution in [0.4, 0.5) is 13.2 Å². The van der Waals surface area contributed by atoms with Crippen LogP contribution in [0.1, 0.15) is 30.0 Å². The second-order valence-corrected chi connectivity index (χ2v) is 8.04. The van der Waals surface area contributed by atoms with Gasteiger partial charge < -0.3 is 9.47 Å². The lowest BCUT2D eigenvalue weighted by Crippen LogP contribution is -2.53. The molecule has 2 aromatic carbocycles. The predicted molar refractivity (Wildman–Crippen MR) is 110 cm³/mol. The number of rotatable bonds is 5. The third-order valence-electron chi connectivity index (χ3n) is 5.52. The minimum Gasteiger partial charge on any atom is -0.468 e. The Morgan fingerprint density at radius 2 is 1.68 bits per heavy atom. The van der Waals surface area contributed by atoms with Crippen molar-refractivity contribution in [3.05, 3.63) is 70.2 Å². The van der Waals surface area contributed by atoms with Crippen LogP contribution in [0.2, 0.25) is 0 Å². The molecular formula is C22H21BrF3NO4. The number of carbonyl (C=O) groups excluding carboxylic acids is 2. The summed E-state index contributed by atoms with van der Waals surface area (Å²) in [4.78, 5) is 25.8. The normalized spacial score (nSPS) is 25.8. The van der Waals surface area contributed by atoms with E-state index in [4.69, 9.17) is 9.47 Å². The highest BCUT2D eigenvalue weighted by Gasteiger charge is 2.76. The summed E-state index contributed by atoms with van der Waals surface area (Å²) < 4.78 is 55.4. The Balaban J connectivity index is 2.35. The van der Waals surface area contributed by atoms with Gasteiger partial charge in [-0.2, -0.15) is 13.2 Å². The zero-order chi connectivity index (χ0) is 22.8. The van der Waals surface area contributed by atoms with Crippen molar-refractivity contribution in [3.8, 4) is 0 Å².